The lowest BCUT2D eigenvalue weighted by atomic mass is 10.1. The molecule has 1 amide bonds. The van der Waals surface area contributed by atoms with Crippen molar-refractivity contribution in [2.75, 3.05) is 49.3 Å². The van der Waals surface area contributed by atoms with Gasteiger partial charge >= 0.3 is 0 Å². The van der Waals surface area contributed by atoms with Gasteiger partial charge in [-0.2, -0.15) is 19.6 Å². The van der Waals surface area contributed by atoms with E-state index in [2.05, 4.69) is 34.5 Å². The second kappa shape index (κ2) is 13.7. The molecule has 0 atom stereocenters. The number of benzene rings is 2. The largest absolute Gasteiger partial charge is 0.457 e. The summed E-state index contributed by atoms with van der Waals surface area (Å²) >= 11 is 0. The zero-order valence-corrected chi connectivity index (χ0v) is 25.3. The molecule has 226 valence electrons. The number of aromatic nitrogens is 4. The number of fused-ring (bicyclic) bond motifs is 1. The quantitative estimate of drug-likeness (QED) is 0.217. The molecule has 4 aromatic rings. The Morgan fingerprint density at radius 1 is 1.12 bits per heavy atom. The minimum atomic E-state index is -0.171. The number of piperidine rings is 1. The fourth-order valence-electron chi connectivity index (χ4n) is 4.86. The molecule has 1 fully saturated rings. The van der Waals surface area contributed by atoms with Gasteiger partial charge in [-0.05, 0) is 63.2 Å². The number of carbonyl (C=O) groups is 1. The number of carbonyl (C=O) groups excluding carboxylic acids is 1. The molecule has 0 radical (unpaired) electrons. The van der Waals surface area contributed by atoms with Crippen molar-refractivity contribution in [1.82, 2.24) is 24.5 Å². The van der Waals surface area contributed by atoms with Gasteiger partial charge in [0, 0.05) is 55.1 Å². The van der Waals surface area contributed by atoms with E-state index in [1.54, 1.807) is 4.52 Å². The number of nitrogens with zero attached hydrogens (tertiary/aromatic N) is 6. The summed E-state index contributed by atoms with van der Waals surface area (Å²) < 4.78 is 8.03. The van der Waals surface area contributed by atoms with E-state index in [1.807, 2.05) is 79.8 Å². The lowest BCUT2D eigenvalue weighted by molar-refractivity contribution is -0.111. The summed E-state index contributed by atoms with van der Waals surface area (Å²) in [5, 5.41) is 11.0. The zero-order chi connectivity index (χ0) is 30.3. The van der Waals surface area contributed by atoms with Crippen LogP contribution in [-0.2, 0) is 11.3 Å². The number of rotatable bonds is 11. The molecule has 1 aliphatic heterocycles. The maximum absolute atomic E-state index is 12.2. The van der Waals surface area contributed by atoms with Crippen LogP contribution in [0.15, 0.2) is 66.9 Å². The molecule has 1 aliphatic rings. The maximum Gasteiger partial charge on any atom is 0.248 e. The van der Waals surface area contributed by atoms with Gasteiger partial charge in [0.15, 0.2) is 5.65 Å². The van der Waals surface area contributed by atoms with Crippen molar-refractivity contribution in [2.45, 2.75) is 45.2 Å². The van der Waals surface area contributed by atoms with Gasteiger partial charge in [0.05, 0.1) is 6.20 Å². The van der Waals surface area contributed by atoms with E-state index in [0.29, 0.717) is 36.4 Å². The van der Waals surface area contributed by atoms with Crippen molar-refractivity contribution in [2.24, 2.45) is 5.73 Å². The predicted molar refractivity (Wildman–Crippen MR) is 171 cm³/mol. The molecular formula is C32H41N9O2. The number of hydrogen-bond acceptors (Lipinski definition) is 9. The summed E-state index contributed by atoms with van der Waals surface area (Å²) in [5.41, 5.74) is 9.69. The van der Waals surface area contributed by atoms with E-state index in [0.717, 1.165) is 48.5 Å². The lowest BCUT2D eigenvalue weighted by Crippen LogP contribution is -2.40. The first-order valence-corrected chi connectivity index (χ1v) is 14.7. The van der Waals surface area contributed by atoms with Crippen molar-refractivity contribution >= 4 is 29.1 Å². The zero-order valence-electron chi connectivity index (χ0n) is 25.3. The first-order valence-electron chi connectivity index (χ1n) is 14.7. The number of nitrogens with one attached hydrogen (secondary N) is 2. The Labute approximate surface area is 252 Å². The van der Waals surface area contributed by atoms with Crippen LogP contribution in [0, 0.1) is 0 Å². The van der Waals surface area contributed by atoms with E-state index >= 15 is 0 Å². The van der Waals surface area contributed by atoms with Crippen LogP contribution in [0.2, 0.25) is 0 Å². The molecule has 0 spiro atoms. The molecule has 2 aromatic heterocycles. The van der Waals surface area contributed by atoms with Crippen molar-refractivity contribution in [3.8, 4) is 11.5 Å². The highest BCUT2D eigenvalue weighted by molar-refractivity contribution is 5.99. The van der Waals surface area contributed by atoms with E-state index < -0.39 is 0 Å². The highest BCUT2D eigenvalue weighted by Gasteiger charge is 2.22. The van der Waals surface area contributed by atoms with Crippen LogP contribution >= 0.6 is 0 Å². The van der Waals surface area contributed by atoms with Gasteiger partial charge in [-0.3, -0.25) is 4.79 Å². The Morgan fingerprint density at radius 2 is 1.86 bits per heavy atom. The minimum Gasteiger partial charge on any atom is -0.457 e. The Morgan fingerprint density at radius 3 is 2.58 bits per heavy atom. The van der Waals surface area contributed by atoms with Gasteiger partial charge in [-0.1, -0.05) is 38.1 Å². The third-order valence-electron chi connectivity index (χ3n) is 7.33. The van der Waals surface area contributed by atoms with Crippen LogP contribution in [0.4, 0.5) is 17.6 Å². The summed E-state index contributed by atoms with van der Waals surface area (Å²) in [4.78, 5) is 26.2. The minimum absolute atomic E-state index is 0.171. The van der Waals surface area contributed by atoms with Gasteiger partial charge in [-0.15, -0.1) is 0 Å². The Balaban J connectivity index is 1.30. The van der Waals surface area contributed by atoms with Crippen LogP contribution in [0.5, 0.6) is 11.5 Å². The lowest BCUT2D eigenvalue weighted by Gasteiger charge is -2.30. The van der Waals surface area contributed by atoms with Gasteiger partial charge in [0.2, 0.25) is 17.8 Å². The van der Waals surface area contributed by atoms with Gasteiger partial charge in [0.25, 0.3) is 0 Å². The summed E-state index contributed by atoms with van der Waals surface area (Å²) in [5.74, 6) is 2.80. The first kappa shape index (κ1) is 30.0. The van der Waals surface area contributed by atoms with Gasteiger partial charge < -0.3 is 30.9 Å². The third kappa shape index (κ3) is 7.68. The number of likely N-dealkylation sites (N-methyl/N-ethyl adjacent to an activating group) is 1. The SMILES string of the molecule is CC(C)c1cnn2c(NCc3ccccc3Oc3ccc(NC(=O)/C=C/CN(C)C)cc3)nc(N3CCC(N)CC3)nc12. The predicted octanol–water partition coefficient (Wildman–Crippen LogP) is 4.64. The van der Waals surface area contributed by atoms with E-state index in [9.17, 15) is 4.79 Å². The molecule has 11 heteroatoms. The molecule has 11 nitrogen and oxygen atoms in total. The number of amides is 1. The molecule has 2 aromatic carbocycles. The summed E-state index contributed by atoms with van der Waals surface area (Å²) in [6.45, 7) is 7.11. The average molecular weight is 584 g/mol. The van der Waals surface area contributed by atoms with E-state index in [4.69, 9.17) is 20.4 Å². The molecule has 0 aliphatic carbocycles. The number of nitrogens with two attached hydrogens (primary N) is 1. The molecule has 0 saturated carbocycles. The van der Waals surface area contributed by atoms with Gasteiger partial charge in [0.1, 0.15) is 11.5 Å². The normalized spacial score (nSPS) is 14.3. The standard InChI is InChI=1S/C32H41N9O2/c1-22(2)27-21-35-41-30(27)37-32(40-18-15-24(33)16-19-40)38-31(41)34-20-23-8-5-6-9-28(23)43-26-13-11-25(12-14-26)36-29(42)10-7-17-39(3)4/h5-14,21-22,24H,15-20,33H2,1-4H3,(H,36,42)(H,34,37,38)/b10-7+. The fraction of sp³-hybridized carbons (Fsp3) is 0.375. The molecule has 0 bridgehead atoms. The first-order chi connectivity index (χ1) is 20.8. The van der Waals surface area contributed by atoms with Crippen LogP contribution < -0.4 is 26.0 Å². The molecule has 4 N–H and O–H groups in total. The van der Waals surface area contributed by atoms with Crippen molar-refractivity contribution in [1.29, 1.82) is 0 Å². The van der Waals surface area contributed by atoms with E-state index in [1.165, 1.54) is 6.08 Å². The Kier molecular flexibility index (Phi) is 9.53. The van der Waals surface area contributed by atoms with Crippen molar-refractivity contribution in [3.63, 3.8) is 0 Å². The number of para-hydroxylation sites is 1. The molecular weight excluding hydrogens is 542 g/mol. The van der Waals surface area contributed by atoms with Crippen molar-refractivity contribution < 1.29 is 9.53 Å². The molecule has 43 heavy (non-hydrogen) atoms. The summed E-state index contributed by atoms with van der Waals surface area (Å²) in [7, 11) is 3.91. The Bertz CT molecular complexity index is 1560. The molecule has 3 heterocycles. The highest BCUT2D eigenvalue weighted by Crippen LogP contribution is 2.28. The van der Waals surface area contributed by atoms with E-state index in [-0.39, 0.29) is 17.9 Å². The average Bonchev–Trinajstić information content (AvgIpc) is 3.42. The second-order valence-corrected chi connectivity index (χ2v) is 11.4. The topological polar surface area (TPSA) is 126 Å². The van der Waals surface area contributed by atoms with Gasteiger partial charge in [-0.25, -0.2) is 0 Å². The molecule has 5 rings (SSSR count). The summed E-state index contributed by atoms with van der Waals surface area (Å²) in [6, 6.07) is 15.4. The van der Waals surface area contributed by atoms with Crippen LogP contribution in [0.1, 0.15) is 43.7 Å². The second-order valence-electron chi connectivity index (χ2n) is 11.4. The molecule has 0 unspecified atom stereocenters. The monoisotopic (exact) mass is 583 g/mol. The summed E-state index contributed by atoms with van der Waals surface area (Å²) in [6.07, 6.45) is 7.07. The smallest absolute Gasteiger partial charge is 0.248 e. The maximum atomic E-state index is 12.2. The highest BCUT2D eigenvalue weighted by atomic mass is 16.5. The fourth-order valence-corrected chi connectivity index (χ4v) is 4.86. The van der Waals surface area contributed by atoms with Crippen LogP contribution in [0.25, 0.3) is 5.65 Å². The number of ether oxygens (including phenoxy) is 1. The number of hydrogen-bond donors (Lipinski definition) is 3. The van der Waals surface area contributed by atoms with Crippen molar-refractivity contribution in [3.05, 3.63) is 78.0 Å². The van der Waals surface area contributed by atoms with Crippen LogP contribution in [-0.4, -0.2) is 70.2 Å². The Hall–Kier alpha value is -4.48. The molecule has 1 saturated heterocycles. The van der Waals surface area contributed by atoms with Crippen LogP contribution in [0.3, 0.4) is 0 Å². The number of anilines is 3. The third-order valence-corrected chi connectivity index (χ3v) is 7.33.